The minimum Gasteiger partial charge on any atom is -0.478 e. The number of rotatable bonds is 2. The van der Waals surface area contributed by atoms with Crippen LogP contribution in [0.3, 0.4) is 0 Å². The summed E-state index contributed by atoms with van der Waals surface area (Å²) < 4.78 is 38.9. The second-order valence-electron chi connectivity index (χ2n) is 3.75. The van der Waals surface area contributed by atoms with E-state index in [0.29, 0.717) is 10.4 Å². The van der Waals surface area contributed by atoms with Crippen molar-refractivity contribution in [3.05, 3.63) is 34.5 Å². The third kappa shape index (κ3) is 2.44. The van der Waals surface area contributed by atoms with Gasteiger partial charge in [-0.3, -0.25) is 0 Å². The summed E-state index contributed by atoms with van der Waals surface area (Å²) in [5, 5.41) is 11.4. The molecule has 10 heteroatoms. The third-order valence-corrected chi connectivity index (χ3v) is 2.67. The molecule has 2 rings (SSSR count). The van der Waals surface area contributed by atoms with Gasteiger partial charge in [0.1, 0.15) is 17.0 Å². The van der Waals surface area contributed by atoms with Crippen LogP contribution in [-0.2, 0) is 6.18 Å². The number of aromatic carboxylic acids is 1. The fraction of sp³-hybridized carbons (Fsp3) is 0.200. The van der Waals surface area contributed by atoms with Crippen LogP contribution in [0.25, 0.3) is 5.82 Å². The molecule has 106 valence electrons. The predicted molar refractivity (Wildman–Crippen MR) is 60.9 cm³/mol. The van der Waals surface area contributed by atoms with Gasteiger partial charge in [0.05, 0.1) is 0 Å². The Labute approximate surface area is 114 Å². The lowest BCUT2D eigenvalue weighted by atomic mass is 10.2. The van der Waals surface area contributed by atoms with E-state index < -0.39 is 28.6 Å². The number of aryl methyl sites for hydroxylation is 1. The van der Waals surface area contributed by atoms with E-state index in [-0.39, 0.29) is 5.82 Å². The Morgan fingerprint density at radius 2 is 2.05 bits per heavy atom. The minimum atomic E-state index is -4.94. The van der Waals surface area contributed by atoms with Gasteiger partial charge < -0.3 is 5.11 Å². The van der Waals surface area contributed by atoms with Crippen molar-refractivity contribution < 1.29 is 23.1 Å². The molecule has 0 aliphatic carbocycles. The Balaban J connectivity index is 2.71. The molecule has 1 N–H and O–H groups in total. The molecular weight excluding hydrogens is 301 g/mol. The highest BCUT2D eigenvalue weighted by Crippen LogP contribution is 2.35. The van der Waals surface area contributed by atoms with Gasteiger partial charge in [-0.25, -0.2) is 19.4 Å². The maximum absolute atomic E-state index is 12.8. The van der Waals surface area contributed by atoms with Crippen LogP contribution >= 0.6 is 11.6 Å². The number of halogens is 4. The number of hydrogen-bond donors (Lipinski definition) is 1. The number of alkyl halides is 3. The van der Waals surface area contributed by atoms with Gasteiger partial charge in [0, 0.05) is 11.8 Å². The Hall–Kier alpha value is -2.16. The normalized spacial score (nSPS) is 11.7. The molecule has 2 aromatic rings. The Bertz CT molecular complexity index is 684. The van der Waals surface area contributed by atoms with Crippen LogP contribution in [-0.4, -0.2) is 30.8 Å². The minimum absolute atomic E-state index is 0.0551. The fourth-order valence-electron chi connectivity index (χ4n) is 1.49. The molecule has 0 bridgehead atoms. The molecule has 0 radical (unpaired) electrons. The van der Waals surface area contributed by atoms with E-state index >= 15 is 0 Å². The molecule has 0 saturated carbocycles. The zero-order chi connectivity index (χ0) is 15.1. The zero-order valence-corrected chi connectivity index (χ0v) is 10.6. The van der Waals surface area contributed by atoms with E-state index in [1.54, 1.807) is 6.92 Å². The standard InChI is InChI=1S/C10H6ClF3N4O2/c1-4-2-5(16-3-15-4)18-8(11)6(9(19)20)7(17-18)10(12,13)14/h2-3H,1H3,(H,19,20). The molecule has 0 amide bonds. The van der Waals surface area contributed by atoms with Crippen molar-refractivity contribution in [2.75, 3.05) is 0 Å². The van der Waals surface area contributed by atoms with E-state index in [2.05, 4.69) is 15.1 Å². The molecule has 0 spiro atoms. The average molecular weight is 307 g/mol. The van der Waals surface area contributed by atoms with Crippen LogP contribution in [0.5, 0.6) is 0 Å². The van der Waals surface area contributed by atoms with Gasteiger partial charge in [0.25, 0.3) is 0 Å². The van der Waals surface area contributed by atoms with E-state index in [1.807, 2.05) is 0 Å². The van der Waals surface area contributed by atoms with Gasteiger partial charge in [0.15, 0.2) is 11.5 Å². The van der Waals surface area contributed by atoms with Gasteiger partial charge in [-0.05, 0) is 6.92 Å². The molecule has 0 saturated heterocycles. The maximum atomic E-state index is 12.8. The predicted octanol–water partition coefficient (Wildman–Crippen LogP) is 2.34. The van der Waals surface area contributed by atoms with Crippen LogP contribution in [0.4, 0.5) is 13.2 Å². The first-order valence-corrected chi connectivity index (χ1v) is 5.47. The molecule has 0 aromatic carbocycles. The Kier molecular flexibility index (Phi) is 3.38. The number of carbonyl (C=O) groups is 1. The molecule has 2 heterocycles. The van der Waals surface area contributed by atoms with Crippen molar-refractivity contribution in [3.8, 4) is 5.82 Å². The molecule has 0 aliphatic rings. The van der Waals surface area contributed by atoms with Crippen molar-refractivity contribution in [2.45, 2.75) is 13.1 Å². The molecule has 2 aromatic heterocycles. The Morgan fingerprint density at radius 3 is 2.50 bits per heavy atom. The smallest absolute Gasteiger partial charge is 0.436 e. The average Bonchev–Trinajstić information content (AvgIpc) is 2.66. The highest BCUT2D eigenvalue weighted by Gasteiger charge is 2.41. The molecule has 0 unspecified atom stereocenters. The van der Waals surface area contributed by atoms with Crippen molar-refractivity contribution >= 4 is 17.6 Å². The number of carboxylic acid groups (broad SMARTS) is 1. The SMILES string of the molecule is Cc1cc(-n2nc(C(F)(F)F)c(C(=O)O)c2Cl)ncn1. The van der Waals surface area contributed by atoms with Crippen LogP contribution in [0.15, 0.2) is 12.4 Å². The summed E-state index contributed by atoms with van der Waals surface area (Å²) in [6.07, 6.45) is -3.83. The van der Waals surface area contributed by atoms with E-state index in [4.69, 9.17) is 16.7 Å². The van der Waals surface area contributed by atoms with Crippen LogP contribution in [0, 0.1) is 6.92 Å². The molecule has 6 nitrogen and oxygen atoms in total. The first-order chi connectivity index (χ1) is 9.21. The summed E-state index contributed by atoms with van der Waals surface area (Å²) in [7, 11) is 0. The molecular formula is C10H6ClF3N4O2. The van der Waals surface area contributed by atoms with Gasteiger partial charge >= 0.3 is 12.1 Å². The lowest BCUT2D eigenvalue weighted by molar-refractivity contribution is -0.141. The number of aromatic nitrogens is 4. The van der Waals surface area contributed by atoms with E-state index in [9.17, 15) is 18.0 Å². The molecule has 0 fully saturated rings. The van der Waals surface area contributed by atoms with Crippen LogP contribution in [0.2, 0.25) is 5.15 Å². The fourth-order valence-corrected chi connectivity index (χ4v) is 1.79. The van der Waals surface area contributed by atoms with Crippen LogP contribution < -0.4 is 0 Å². The maximum Gasteiger partial charge on any atom is 0.436 e. The third-order valence-electron chi connectivity index (χ3n) is 2.32. The van der Waals surface area contributed by atoms with Gasteiger partial charge in [-0.1, -0.05) is 11.6 Å². The molecule has 20 heavy (non-hydrogen) atoms. The molecule has 0 aliphatic heterocycles. The quantitative estimate of drug-likeness (QED) is 0.921. The summed E-state index contributed by atoms with van der Waals surface area (Å²) in [5.41, 5.74) is -2.23. The largest absolute Gasteiger partial charge is 0.478 e. The highest BCUT2D eigenvalue weighted by molar-refractivity contribution is 6.33. The van der Waals surface area contributed by atoms with Gasteiger partial charge in [0.2, 0.25) is 0 Å². The van der Waals surface area contributed by atoms with Crippen molar-refractivity contribution in [3.63, 3.8) is 0 Å². The lowest BCUT2D eigenvalue weighted by Gasteiger charge is -2.02. The second kappa shape index (κ2) is 4.75. The highest BCUT2D eigenvalue weighted by atomic mass is 35.5. The lowest BCUT2D eigenvalue weighted by Crippen LogP contribution is -2.12. The number of hydrogen-bond acceptors (Lipinski definition) is 4. The summed E-state index contributed by atoms with van der Waals surface area (Å²) in [4.78, 5) is 18.4. The first kappa shape index (κ1) is 14.3. The van der Waals surface area contributed by atoms with Crippen molar-refractivity contribution in [1.29, 1.82) is 0 Å². The van der Waals surface area contributed by atoms with Gasteiger partial charge in [-0.2, -0.15) is 18.3 Å². The topological polar surface area (TPSA) is 80.9 Å². The monoisotopic (exact) mass is 306 g/mol. The van der Waals surface area contributed by atoms with Crippen molar-refractivity contribution in [2.24, 2.45) is 0 Å². The summed E-state index contributed by atoms with van der Waals surface area (Å²) in [6, 6.07) is 1.32. The van der Waals surface area contributed by atoms with Crippen LogP contribution in [0.1, 0.15) is 21.7 Å². The number of carboxylic acids is 1. The van der Waals surface area contributed by atoms with E-state index in [1.165, 1.54) is 6.07 Å². The first-order valence-electron chi connectivity index (χ1n) is 5.10. The zero-order valence-electron chi connectivity index (χ0n) is 9.81. The van der Waals surface area contributed by atoms with Gasteiger partial charge in [-0.15, -0.1) is 0 Å². The molecule has 0 atom stereocenters. The number of nitrogens with zero attached hydrogens (tertiary/aromatic N) is 4. The summed E-state index contributed by atoms with van der Waals surface area (Å²) in [6.45, 7) is 1.59. The summed E-state index contributed by atoms with van der Waals surface area (Å²) in [5.74, 6) is -1.88. The Morgan fingerprint density at radius 1 is 1.40 bits per heavy atom. The summed E-state index contributed by atoms with van der Waals surface area (Å²) >= 11 is 5.68. The van der Waals surface area contributed by atoms with E-state index in [0.717, 1.165) is 6.33 Å². The second-order valence-corrected chi connectivity index (χ2v) is 4.10. The van der Waals surface area contributed by atoms with Crippen molar-refractivity contribution in [1.82, 2.24) is 19.7 Å².